The number of aliphatic carboxylic acids is 1. The fourth-order valence-electron chi connectivity index (χ4n) is 0.975. The molecule has 3 N–H and O–H groups in total. The fourth-order valence-corrected chi connectivity index (χ4v) is 0.975. The topological polar surface area (TPSA) is 113 Å². The Hall–Kier alpha value is -1.18. The van der Waals surface area contributed by atoms with Crippen LogP contribution in [0.15, 0.2) is 0 Å². The Morgan fingerprint density at radius 3 is 2.41 bits per heavy atom. The van der Waals surface area contributed by atoms with Crippen molar-refractivity contribution in [3.63, 3.8) is 0 Å². The van der Waals surface area contributed by atoms with Gasteiger partial charge in [-0.1, -0.05) is 6.92 Å². The molecule has 0 heterocycles. The Bertz CT molecular complexity index is 237. The average molecular weight is 250 g/mol. The van der Waals surface area contributed by atoms with Crippen LogP contribution in [-0.2, 0) is 19.1 Å². The molecule has 0 fully saturated rings. The third kappa shape index (κ3) is 8.61. The van der Waals surface area contributed by atoms with Crippen molar-refractivity contribution in [2.24, 2.45) is 0 Å². The molecule has 100 valence electrons. The number of carboxylic acid groups (broad SMARTS) is 1. The summed E-state index contributed by atoms with van der Waals surface area (Å²) >= 11 is 0. The van der Waals surface area contributed by atoms with Crippen LogP contribution in [-0.4, -0.2) is 52.9 Å². The Morgan fingerprint density at radius 2 is 1.94 bits per heavy atom. The molecule has 17 heavy (non-hydrogen) atoms. The van der Waals surface area contributed by atoms with Gasteiger partial charge in [0.15, 0.2) is 6.29 Å². The maximum absolute atomic E-state index is 11.0. The van der Waals surface area contributed by atoms with Crippen molar-refractivity contribution in [1.29, 1.82) is 0 Å². The minimum atomic E-state index is -1.32. The molecule has 0 spiro atoms. The van der Waals surface area contributed by atoms with E-state index in [1.807, 2.05) is 0 Å². The van der Waals surface area contributed by atoms with Crippen LogP contribution in [0, 0.1) is 0 Å². The van der Waals surface area contributed by atoms with Gasteiger partial charge in [-0.15, -0.1) is 0 Å². The van der Waals surface area contributed by atoms with E-state index in [9.17, 15) is 14.7 Å². The molecule has 0 aliphatic heterocycles. The molecular weight excluding hydrogens is 232 g/mol. The number of carbonyl (C=O) groups is 2. The Labute approximate surface area is 99.0 Å². The van der Waals surface area contributed by atoms with Gasteiger partial charge in [-0.2, -0.15) is 0 Å². The predicted molar refractivity (Wildman–Crippen MR) is 56.1 cm³/mol. The monoisotopic (exact) mass is 250 g/mol. The number of aliphatic hydroxyl groups excluding tert-OH is 2. The lowest BCUT2D eigenvalue weighted by molar-refractivity contribution is -0.183. The summed E-state index contributed by atoms with van der Waals surface area (Å²) < 4.78 is 9.52. The number of carboxylic acids is 1. The van der Waals surface area contributed by atoms with Crippen LogP contribution in [0.3, 0.4) is 0 Å². The van der Waals surface area contributed by atoms with Gasteiger partial charge in [-0.25, -0.2) is 0 Å². The smallest absolute Gasteiger partial charge is 0.306 e. The Kier molecular flexibility index (Phi) is 8.29. The number of ether oxygens (including phenoxy) is 2. The predicted octanol–water partition coefficient (Wildman–Crippen LogP) is -0.500. The van der Waals surface area contributed by atoms with Gasteiger partial charge in [0.2, 0.25) is 0 Å². The minimum absolute atomic E-state index is 0.236. The Morgan fingerprint density at radius 1 is 1.29 bits per heavy atom. The summed E-state index contributed by atoms with van der Waals surface area (Å²) in [6.07, 6.45) is -1.88. The zero-order chi connectivity index (χ0) is 13.3. The first-order valence-electron chi connectivity index (χ1n) is 5.31. The normalized spacial score (nSPS) is 14.1. The number of rotatable bonds is 9. The number of hydrogen-bond acceptors (Lipinski definition) is 6. The van der Waals surface area contributed by atoms with Crippen LogP contribution in [0.1, 0.15) is 26.2 Å². The lowest BCUT2D eigenvalue weighted by atomic mass is 10.3. The molecule has 0 aromatic rings. The standard InChI is InChI=1S/C10H18O7/c1-2-7(5-11)17-10(15)6-16-9(14)4-3-8(12)13/h7,10-11,15H,2-6H2,1H3,(H,12,13). The third-order valence-corrected chi connectivity index (χ3v) is 1.94. The maximum Gasteiger partial charge on any atom is 0.306 e. The lowest BCUT2D eigenvalue weighted by Gasteiger charge is -2.18. The van der Waals surface area contributed by atoms with Crippen LogP contribution in [0.25, 0.3) is 0 Å². The van der Waals surface area contributed by atoms with Crippen molar-refractivity contribution < 1.29 is 34.4 Å². The van der Waals surface area contributed by atoms with Gasteiger partial charge in [-0.3, -0.25) is 9.59 Å². The molecule has 0 aromatic carbocycles. The summed E-state index contributed by atoms with van der Waals surface area (Å²) in [6, 6.07) is 0. The van der Waals surface area contributed by atoms with Crippen molar-refractivity contribution >= 4 is 11.9 Å². The molecular formula is C10H18O7. The summed E-state index contributed by atoms with van der Waals surface area (Å²) in [4.78, 5) is 21.1. The summed E-state index contributed by atoms with van der Waals surface area (Å²) in [5.41, 5.74) is 0. The van der Waals surface area contributed by atoms with Gasteiger partial charge in [-0.05, 0) is 6.42 Å². The highest BCUT2D eigenvalue weighted by Gasteiger charge is 2.14. The summed E-state index contributed by atoms with van der Waals surface area (Å²) in [7, 11) is 0. The number of carbonyl (C=O) groups excluding carboxylic acids is 1. The van der Waals surface area contributed by atoms with Crippen LogP contribution < -0.4 is 0 Å². The second-order valence-corrected chi connectivity index (χ2v) is 3.38. The molecule has 7 nitrogen and oxygen atoms in total. The molecule has 0 bridgehead atoms. The second-order valence-electron chi connectivity index (χ2n) is 3.38. The van der Waals surface area contributed by atoms with Gasteiger partial charge < -0.3 is 24.8 Å². The molecule has 0 aliphatic carbocycles. The third-order valence-electron chi connectivity index (χ3n) is 1.94. The van der Waals surface area contributed by atoms with Crippen molar-refractivity contribution in [2.75, 3.05) is 13.2 Å². The van der Waals surface area contributed by atoms with E-state index >= 15 is 0 Å². The molecule has 7 heteroatoms. The molecule has 0 radical (unpaired) electrons. The highest BCUT2D eigenvalue weighted by Crippen LogP contribution is 2.02. The fraction of sp³-hybridized carbons (Fsp3) is 0.800. The van der Waals surface area contributed by atoms with Crippen LogP contribution >= 0.6 is 0 Å². The van der Waals surface area contributed by atoms with E-state index in [1.54, 1.807) is 6.92 Å². The molecule has 0 aromatic heterocycles. The largest absolute Gasteiger partial charge is 0.481 e. The zero-order valence-corrected chi connectivity index (χ0v) is 9.66. The van der Waals surface area contributed by atoms with E-state index in [1.165, 1.54) is 0 Å². The SMILES string of the molecule is CCC(CO)OC(O)COC(=O)CCC(=O)O. The molecule has 2 atom stereocenters. The quantitative estimate of drug-likeness (QED) is 0.373. The zero-order valence-electron chi connectivity index (χ0n) is 9.66. The van der Waals surface area contributed by atoms with E-state index in [-0.39, 0.29) is 26.1 Å². The van der Waals surface area contributed by atoms with Gasteiger partial charge >= 0.3 is 11.9 Å². The van der Waals surface area contributed by atoms with Gasteiger partial charge in [0.05, 0.1) is 25.6 Å². The molecule has 0 aliphatic rings. The summed E-state index contributed by atoms with van der Waals surface area (Å²) in [6.45, 7) is 1.15. The van der Waals surface area contributed by atoms with E-state index in [0.29, 0.717) is 6.42 Å². The Balaban J connectivity index is 3.71. The van der Waals surface area contributed by atoms with Gasteiger partial charge in [0.25, 0.3) is 0 Å². The van der Waals surface area contributed by atoms with E-state index in [0.717, 1.165) is 0 Å². The molecule has 0 rings (SSSR count). The van der Waals surface area contributed by atoms with Gasteiger partial charge in [0, 0.05) is 0 Å². The number of aliphatic hydroxyl groups is 2. The molecule has 0 saturated heterocycles. The first kappa shape index (κ1) is 15.8. The first-order valence-corrected chi connectivity index (χ1v) is 5.31. The van der Waals surface area contributed by atoms with Crippen molar-refractivity contribution in [2.45, 2.75) is 38.6 Å². The molecule has 0 saturated carbocycles. The van der Waals surface area contributed by atoms with E-state index in [4.69, 9.17) is 14.9 Å². The van der Waals surface area contributed by atoms with Crippen molar-refractivity contribution in [1.82, 2.24) is 0 Å². The van der Waals surface area contributed by atoms with Crippen LogP contribution in [0.2, 0.25) is 0 Å². The maximum atomic E-state index is 11.0. The van der Waals surface area contributed by atoms with Gasteiger partial charge in [0.1, 0.15) is 6.61 Å². The highest BCUT2D eigenvalue weighted by atomic mass is 16.6. The highest BCUT2D eigenvalue weighted by molar-refractivity contribution is 5.76. The number of hydrogen-bond donors (Lipinski definition) is 3. The first-order chi connectivity index (χ1) is 7.99. The lowest BCUT2D eigenvalue weighted by Crippen LogP contribution is -2.29. The molecule has 0 amide bonds. The van der Waals surface area contributed by atoms with Crippen molar-refractivity contribution in [3.8, 4) is 0 Å². The van der Waals surface area contributed by atoms with E-state index < -0.39 is 24.3 Å². The minimum Gasteiger partial charge on any atom is -0.481 e. The van der Waals surface area contributed by atoms with Crippen LogP contribution in [0.4, 0.5) is 0 Å². The molecule has 2 unspecified atom stereocenters. The van der Waals surface area contributed by atoms with E-state index in [2.05, 4.69) is 4.74 Å². The second kappa shape index (κ2) is 8.91. The number of esters is 1. The average Bonchev–Trinajstić information content (AvgIpc) is 2.30. The van der Waals surface area contributed by atoms with Crippen LogP contribution in [0.5, 0.6) is 0 Å². The summed E-state index contributed by atoms with van der Waals surface area (Å²) in [5, 5.41) is 26.4. The van der Waals surface area contributed by atoms with Crippen molar-refractivity contribution in [3.05, 3.63) is 0 Å². The summed E-state index contributed by atoms with van der Waals surface area (Å²) in [5.74, 6) is -1.81.